The number of hydrogen-bond acceptors (Lipinski definition) is 2. The van der Waals surface area contributed by atoms with Crippen LogP contribution in [0.4, 0.5) is 0 Å². The Morgan fingerprint density at radius 1 is 1.25 bits per heavy atom. The molecule has 0 aromatic heterocycles. The molecule has 2 unspecified atom stereocenters. The summed E-state index contributed by atoms with van der Waals surface area (Å²) in [4.78, 5) is 2.56. The molecule has 2 heteroatoms. The van der Waals surface area contributed by atoms with E-state index in [0.29, 0.717) is 0 Å². The summed E-state index contributed by atoms with van der Waals surface area (Å²) in [7, 11) is 1.79. The Kier molecular flexibility index (Phi) is 2.66. The van der Waals surface area contributed by atoms with Crippen LogP contribution >= 0.6 is 0 Å². The molecule has 2 fully saturated rings. The van der Waals surface area contributed by atoms with Crippen molar-refractivity contribution >= 4 is 0 Å². The Bertz CT molecular complexity index is 147. The lowest BCUT2D eigenvalue weighted by molar-refractivity contribution is 0.0328. The first-order valence-electron chi connectivity index (χ1n) is 5.11. The van der Waals surface area contributed by atoms with Crippen molar-refractivity contribution in [3.8, 4) is 0 Å². The summed E-state index contributed by atoms with van der Waals surface area (Å²) in [6, 6.07) is 0. The SMILES string of the molecule is COCCN1CCC2CCC2C1. The number of nitrogens with zero attached hydrogens (tertiary/aromatic N) is 1. The van der Waals surface area contributed by atoms with Crippen molar-refractivity contribution in [1.82, 2.24) is 4.90 Å². The van der Waals surface area contributed by atoms with Gasteiger partial charge in [-0.1, -0.05) is 0 Å². The Balaban J connectivity index is 1.71. The van der Waals surface area contributed by atoms with Gasteiger partial charge in [-0.25, -0.2) is 0 Å². The second-order valence-electron chi connectivity index (χ2n) is 4.18. The topological polar surface area (TPSA) is 12.5 Å². The van der Waals surface area contributed by atoms with E-state index in [-0.39, 0.29) is 0 Å². The predicted molar refractivity (Wildman–Crippen MR) is 49.1 cm³/mol. The highest BCUT2D eigenvalue weighted by Crippen LogP contribution is 2.40. The normalized spacial score (nSPS) is 35.8. The van der Waals surface area contributed by atoms with Gasteiger partial charge in [0.1, 0.15) is 0 Å². The van der Waals surface area contributed by atoms with Crippen molar-refractivity contribution in [1.29, 1.82) is 0 Å². The number of hydrogen-bond donors (Lipinski definition) is 0. The summed E-state index contributed by atoms with van der Waals surface area (Å²) in [5, 5.41) is 0. The van der Waals surface area contributed by atoms with Gasteiger partial charge in [0.25, 0.3) is 0 Å². The van der Waals surface area contributed by atoms with Crippen LogP contribution in [-0.4, -0.2) is 38.3 Å². The molecule has 1 heterocycles. The zero-order valence-electron chi connectivity index (χ0n) is 7.96. The van der Waals surface area contributed by atoms with Gasteiger partial charge in [0, 0.05) is 20.2 Å². The minimum absolute atomic E-state index is 0.900. The third-order valence-corrected chi connectivity index (χ3v) is 3.50. The third kappa shape index (κ3) is 1.64. The number of fused-ring (bicyclic) bond motifs is 1. The van der Waals surface area contributed by atoms with E-state index in [4.69, 9.17) is 4.74 Å². The highest BCUT2D eigenvalue weighted by Gasteiger charge is 2.35. The first kappa shape index (κ1) is 8.52. The molecule has 0 amide bonds. The number of piperidine rings is 1. The van der Waals surface area contributed by atoms with Crippen molar-refractivity contribution in [3.05, 3.63) is 0 Å². The fraction of sp³-hybridized carbons (Fsp3) is 1.00. The molecule has 1 aliphatic carbocycles. The molecule has 70 valence electrons. The van der Waals surface area contributed by atoms with Gasteiger partial charge in [0.2, 0.25) is 0 Å². The minimum Gasteiger partial charge on any atom is -0.383 e. The molecule has 2 nitrogen and oxygen atoms in total. The quantitative estimate of drug-likeness (QED) is 0.632. The molecule has 0 bridgehead atoms. The number of ether oxygens (including phenoxy) is 1. The molecule has 0 radical (unpaired) electrons. The summed E-state index contributed by atoms with van der Waals surface area (Å²) in [6.07, 6.45) is 4.42. The molecule has 2 atom stereocenters. The second kappa shape index (κ2) is 3.75. The van der Waals surface area contributed by atoms with Crippen LogP contribution in [0.5, 0.6) is 0 Å². The van der Waals surface area contributed by atoms with E-state index >= 15 is 0 Å². The molecular weight excluding hydrogens is 150 g/mol. The standard InChI is InChI=1S/C10H19NO/c1-12-7-6-11-5-4-9-2-3-10(9)8-11/h9-10H,2-8H2,1H3. The summed E-state index contributed by atoms with van der Waals surface area (Å²) < 4.78 is 5.08. The van der Waals surface area contributed by atoms with E-state index in [2.05, 4.69) is 4.90 Å². The van der Waals surface area contributed by atoms with Crippen LogP contribution in [0.1, 0.15) is 19.3 Å². The Morgan fingerprint density at radius 3 is 2.67 bits per heavy atom. The van der Waals surface area contributed by atoms with E-state index in [1.165, 1.54) is 32.4 Å². The van der Waals surface area contributed by atoms with Crippen molar-refractivity contribution in [2.45, 2.75) is 19.3 Å². The van der Waals surface area contributed by atoms with E-state index in [0.717, 1.165) is 25.0 Å². The Labute approximate surface area is 74.9 Å². The molecule has 0 aromatic carbocycles. The zero-order valence-corrected chi connectivity index (χ0v) is 7.96. The highest BCUT2D eigenvalue weighted by atomic mass is 16.5. The minimum atomic E-state index is 0.900. The molecule has 0 spiro atoms. The van der Waals surface area contributed by atoms with Crippen LogP contribution in [0.2, 0.25) is 0 Å². The van der Waals surface area contributed by atoms with Crippen LogP contribution < -0.4 is 0 Å². The monoisotopic (exact) mass is 169 g/mol. The first-order chi connectivity index (χ1) is 5.90. The molecule has 0 aromatic rings. The lowest BCUT2D eigenvalue weighted by Gasteiger charge is -2.45. The van der Waals surface area contributed by atoms with Crippen molar-refractivity contribution < 1.29 is 4.74 Å². The Morgan fingerprint density at radius 2 is 2.08 bits per heavy atom. The number of likely N-dealkylation sites (tertiary alicyclic amines) is 1. The van der Waals surface area contributed by atoms with Gasteiger partial charge in [-0.05, 0) is 37.6 Å². The molecule has 1 saturated heterocycles. The van der Waals surface area contributed by atoms with Crippen molar-refractivity contribution in [2.24, 2.45) is 11.8 Å². The maximum absolute atomic E-state index is 5.08. The van der Waals surface area contributed by atoms with Crippen LogP contribution in [0.15, 0.2) is 0 Å². The van der Waals surface area contributed by atoms with Gasteiger partial charge in [0.05, 0.1) is 6.61 Å². The van der Waals surface area contributed by atoms with Crippen LogP contribution in [0.25, 0.3) is 0 Å². The van der Waals surface area contributed by atoms with Gasteiger partial charge >= 0.3 is 0 Å². The van der Waals surface area contributed by atoms with Gasteiger partial charge in [0.15, 0.2) is 0 Å². The second-order valence-corrected chi connectivity index (χ2v) is 4.18. The largest absolute Gasteiger partial charge is 0.383 e. The smallest absolute Gasteiger partial charge is 0.0589 e. The predicted octanol–water partition coefficient (Wildman–Crippen LogP) is 1.36. The maximum atomic E-state index is 5.08. The van der Waals surface area contributed by atoms with Crippen molar-refractivity contribution in [2.75, 3.05) is 33.4 Å². The lowest BCUT2D eigenvalue weighted by Crippen LogP contribution is -2.46. The van der Waals surface area contributed by atoms with E-state index in [1.54, 1.807) is 7.11 Å². The van der Waals surface area contributed by atoms with Gasteiger partial charge in [-0.2, -0.15) is 0 Å². The fourth-order valence-corrected chi connectivity index (χ4v) is 2.45. The maximum Gasteiger partial charge on any atom is 0.0589 e. The Hall–Kier alpha value is -0.0800. The zero-order chi connectivity index (χ0) is 8.39. The van der Waals surface area contributed by atoms with Crippen LogP contribution in [0.3, 0.4) is 0 Å². The van der Waals surface area contributed by atoms with E-state index < -0.39 is 0 Å². The van der Waals surface area contributed by atoms with Gasteiger partial charge in [-0.15, -0.1) is 0 Å². The summed E-state index contributed by atoms with van der Waals surface area (Å²) in [5.41, 5.74) is 0. The summed E-state index contributed by atoms with van der Waals surface area (Å²) in [5.74, 6) is 2.12. The molecule has 1 aliphatic heterocycles. The van der Waals surface area contributed by atoms with E-state index in [1.807, 2.05) is 0 Å². The third-order valence-electron chi connectivity index (χ3n) is 3.50. The average Bonchev–Trinajstić information content (AvgIpc) is 2.05. The molecule has 0 N–H and O–H groups in total. The summed E-state index contributed by atoms with van der Waals surface area (Å²) >= 11 is 0. The van der Waals surface area contributed by atoms with E-state index in [9.17, 15) is 0 Å². The molecule has 1 saturated carbocycles. The molecule has 12 heavy (non-hydrogen) atoms. The van der Waals surface area contributed by atoms with Gasteiger partial charge in [-0.3, -0.25) is 0 Å². The number of methoxy groups -OCH3 is 1. The molecular formula is C10H19NO. The van der Waals surface area contributed by atoms with Crippen LogP contribution in [0, 0.1) is 11.8 Å². The number of rotatable bonds is 3. The molecule has 2 aliphatic rings. The average molecular weight is 169 g/mol. The first-order valence-corrected chi connectivity index (χ1v) is 5.11. The molecule has 2 rings (SSSR count). The highest BCUT2D eigenvalue weighted by molar-refractivity contribution is 4.87. The lowest BCUT2D eigenvalue weighted by atomic mass is 9.69. The fourth-order valence-electron chi connectivity index (χ4n) is 2.45. The summed E-state index contributed by atoms with van der Waals surface area (Å²) in [6.45, 7) is 4.69. The van der Waals surface area contributed by atoms with Gasteiger partial charge < -0.3 is 9.64 Å². The van der Waals surface area contributed by atoms with Crippen LogP contribution in [-0.2, 0) is 4.74 Å². The van der Waals surface area contributed by atoms with Crippen molar-refractivity contribution in [3.63, 3.8) is 0 Å².